The Hall–Kier alpha value is -3.62. The summed E-state index contributed by atoms with van der Waals surface area (Å²) in [5, 5.41) is 1.08. The molecule has 1 N–H and O–H groups in total. The van der Waals surface area contributed by atoms with Gasteiger partial charge in [0.15, 0.2) is 0 Å². The number of carbonyl (C=O) groups excluding carboxylic acids is 2. The summed E-state index contributed by atoms with van der Waals surface area (Å²) < 4.78 is 6.18. The van der Waals surface area contributed by atoms with E-state index < -0.39 is 0 Å². The van der Waals surface area contributed by atoms with Crippen molar-refractivity contribution in [3.8, 4) is 5.75 Å². The van der Waals surface area contributed by atoms with E-state index in [1.165, 1.54) is 16.2 Å². The summed E-state index contributed by atoms with van der Waals surface area (Å²) in [5.41, 5.74) is 2.85. The number of benzene rings is 3. The number of rotatable bonds is 5. The van der Waals surface area contributed by atoms with Crippen LogP contribution in [0.2, 0.25) is 0 Å². The van der Waals surface area contributed by atoms with Crippen LogP contribution >= 0.6 is 23.1 Å². The van der Waals surface area contributed by atoms with Crippen molar-refractivity contribution in [3.63, 3.8) is 0 Å². The molecule has 8 heteroatoms. The first-order valence-electron chi connectivity index (χ1n) is 13.7. The van der Waals surface area contributed by atoms with Crippen molar-refractivity contribution < 1.29 is 14.3 Å². The molecule has 2 aliphatic heterocycles. The minimum absolute atomic E-state index is 0.0323. The Bertz CT molecular complexity index is 1680. The highest BCUT2D eigenvalue weighted by Crippen LogP contribution is 2.68. The number of amides is 2. The maximum Gasteiger partial charge on any atom is 0.305 e. The number of ether oxygens (including phenoxy) is 1. The lowest BCUT2D eigenvalue weighted by atomic mass is 9.68. The van der Waals surface area contributed by atoms with E-state index in [0.717, 1.165) is 33.2 Å². The van der Waals surface area contributed by atoms with Gasteiger partial charge in [-0.2, -0.15) is 0 Å². The van der Waals surface area contributed by atoms with Crippen LogP contribution in [0.15, 0.2) is 94.7 Å². The first-order valence-corrected chi connectivity index (χ1v) is 15.4. The van der Waals surface area contributed by atoms with Crippen molar-refractivity contribution in [1.29, 1.82) is 0 Å². The minimum atomic E-state index is -0.309. The molecule has 0 radical (unpaired) electrons. The van der Waals surface area contributed by atoms with Gasteiger partial charge < -0.3 is 9.72 Å². The molecule has 4 aromatic rings. The summed E-state index contributed by atoms with van der Waals surface area (Å²) in [7, 11) is 0. The molecule has 3 aromatic carbocycles. The van der Waals surface area contributed by atoms with Gasteiger partial charge in [0.05, 0.1) is 22.5 Å². The summed E-state index contributed by atoms with van der Waals surface area (Å²) >= 11 is 2.99. The van der Waals surface area contributed by atoms with Gasteiger partial charge in [-0.25, -0.2) is 0 Å². The molecule has 3 heterocycles. The molecule has 6 nitrogen and oxygen atoms in total. The lowest BCUT2D eigenvalue weighted by Gasteiger charge is -2.43. The van der Waals surface area contributed by atoms with Crippen molar-refractivity contribution >= 4 is 40.6 Å². The first-order chi connectivity index (χ1) is 19.6. The fraction of sp³-hybridized carbons (Fsp3) is 0.281. The molecule has 6 unspecified atom stereocenters. The summed E-state index contributed by atoms with van der Waals surface area (Å²) in [6.45, 7) is 0.472. The number of para-hydroxylation sites is 1. The smallest absolute Gasteiger partial charge is 0.305 e. The van der Waals surface area contributed by atoms with Gasteiger partial charge in [0.1, 0.15) is 12.4 Å². The number of nitrogens with zero attached hydrogens (tertiary/aromatic N) is 1. The quantitative estimate of drug-likeness (QED) is 0.314. The molecule has 2 amide bonds. The van der Waals surface area contributed by atoms with Gasteiger partial charge >= 0.3 is 4.87 Å². The number of anilines is 1. The number of hydrogen-bond acceptors (Lipinski definition) is 6. The van der Waals surface area contributed by atoms with E-state index in [-0.39, 0.29) is 57.4 Å². The number of carbonyl (C=O) groups is 2. The molecule has 4 aliphatic rings. The number of thioether (sulfide) groups is 1. The number of nitrogens with one attached hydrogen (secondary N) is 1. The van der Waals surface area contributed by atoms with Crippen LogP contribution in [-0.2, 0) is 16.2 Å². The molecular formula is C32H26N2O4S2. The lowest BCUT2D eigenvalue weighted by molar-refractivity contribution is -0.123. The van der Waals surface area contributed by atoms with Crippen molar-refractivity contribution in [2.45, 2.75) is 29.2 Å². The number of imide groups is 1. The van der Waals surface area contributed by atoms with Crippen LogP contribution in [0.4, 0.5) is 5.69 Å². The SMILES string of the molecule is O=C1C2C3CC(C2C(=O)N1c1ccccc1)C1C3Sc2[nH]c(=O)sc2[C@@H]1c1cccc(OCc2ccccc2)c1. The Morgan fingerprint density at radius 1 is 0.850 bits per heavy atom. The van der Waals surface area contributed by atoms with E-state index in [9.17, 15) is 14.4 Å². The van der Waals surface area contributed by atoms with E-state index in [4.69, 9.17) is 4.74 Å². The normalized spacial score (nSPS) is 29.8. The molecule has 2 saturated carbocycles. The van der Waals surface area contributed by atoms with E-state index in [0.29, 0.717) is 12.3 Å². The van der Waals surface area contributed by atoms with Crippen LogP contribution in [0.1, 0.15) is 28.3 Å². The van der Waals surface area contributed by atoms with Gasteiger partial charge in [-0.15, -0.1) is 11.8 Å². The number of fused-ring (bicyclic) bond motifs is 9. The molecule has 3 fully saturated rings. The first kappa shape index (κ1) is 24.2. The highest BCUT2D eigenvalue weighted by molar-refractivity contribution is 8.00. The molecule has 7 atom stereocenters. The summed E-state index contributed by atoms with van der Waals surface area (Å²) in [6, 6.07) is 27.6. The molecule has 1 aromatic heterocycles. The Balaban J connectivity index is 1.16. The van der Waals surface area contributed by atoms with Crippen molar-refractivity contribution in [2.75, 3.05) is 4.90 Å². The maximum absolute atomic E-state index is 13.9. The van der Waals surface area contributed by atoms with E-state index in [1.807, 2.05) is 72.8 Å². The summed E-state index contributed by atoms with van der Waals surface area (Å²) in [6.07, 6.45) is 0.873. The fourth-order valence-corrected chi connectivity index (χ4v) is 10.6. The molecule has 1 saturated heterocycles. The number of hydrogen-bond donors (Lipinski definition) is 1. The molecule has 40 heavy (non-hydrogen) atoms. The number of aromatic nitrogens is 1. The second kappa shape index (κ2) is 9.21. The van der Waals surface area contributed by atoms with Gasteiger partial charge in [0, 0.05) is 16.0 Å². The molecule has 2 bridgehead atoms. The van der Waals surface area contributed by atoms with Gasteiger partial charge in [-0.1, -0.05) is 72.0 Å². The molecular weight excluding hydrogens is 540 g/mol. The van der Waals surface area contributed by atoms with Crippen LogP contribution in [0.25, 0.3) is 0 Å². The van der Waals surface area contributed by atoms with E-state index >= 15 is 0 Å². The maximum atomic E-state index is 13.9. The van der Waals surface area contributed by atoms with Crippen LogP contribution in [0, 0.1) is 29.6 Å². The second-order valence-corrected chi connectivity index (χ2v) is 13.4. The third kappa shape index (κ3) is 3.58. The molecule has 2 aliphatic carbocycles. The standard InChI is InChI=1S/C32H26N2O4S2/c35-30-25-21-15-22(26(25)31(36)34(30)19-11-5-2-6-12-19)27-24(21)23(28-29(39-27)33-32(37)40-28)18-10-7-13-20(14-18)38-16-17-8-3-1-4-9-17/h1-14,21-27H,15-16H2,(H,33,37)/t21?,22?,23-,24?,25?,26?,27?/m1/s1. The largest absolute Gasteiger partial charge is 0.489 e. The second-order valence-electron chi connectivity index (χ2n) is 11.2. The van der Waals surface area contributed by atoms with E-state index in [1.54, 1.807) is 11.8 Å². The van der Waals surface area contributed by atoms with Crippen molar-refractivity contribution in [2.24, 2.45) is 29.6 Å². The zero-order valence-corrected chi connectivity index (χ0v) is 23.1. The van der Waals surface area contributed by atoms with Gasteiger partial charge in [0.25, 0.3) is 0 Å². The van der Waals surface area contributed by atoms with Crippen molar-refractivity contribution in [3.05, 3.63) is 111 Å². The number of thiazole rings is 1. The minimum Gasteiger partial charge on any atom is -0.489 e. The lowest BCUT2D eigenvalue weighted by Crippen LogP contribution is -2.42. The highest BCUT2D eigenvalue weighted by Gasteiger charge is 2.69. The average molecular weight is 567 g/mol. The zero-order valence-electron chi connectivity index (χ0n) is 21.4. The van der Waals surface area contributed by atoms with Crippen LogP contribution in [0.3, 0.4) is 0 Å². The third-order valence-corrected chi connectivity index (χ3v) is 11.8. The third-order valence-electron chi connectivity index (χ3n) is 9.20. The molecule has 8 rings (SSSR count). The predicted octanol–water partition coefficient (Wildman–Crippen LogP) is 5.69. The van der Waals surface area contributed by atoms with Crippen LogP contribution in [-0.4, -0.2) is 22.0 Å². The number of aromatic amines is 1. The summed E-state index contributed by atoms with van der Waals surface area (Å²) in [4.78, 5) is 45.6. The molecule has 0 spiro atoms. The van der Waals surface area contributed by atoms with Gasteiger partial charge in [-0.3, -0.25) is 19.3 Å². The van der Waals surface area contributed by atoms with Gasteiger partial charge in [-0.05, 0) is 59.6 Å². The van der Waals surface area contributed by atoms with Gasteiger partial charge in [0.2, 0.25) is 11.8 Å². The Morgan fingerprint density at radius 2 is 1.57 bits per heavy atom. The Morgan fingerprint density at radius 3 is 2.35 bits per heavy atom. The molecule has 200 valence electrons. The Labute approximate surface area is 239 Å². The van der Waals surface area contributed by atoms with Crippen LogP contribution in [0.5, 0.6) is 5.75 Å². The number of H-pyrrole nitrogens is 1. The fourth-order valence-electron chi connectivity index (χ4n) is 7.76. The predicted molar refractivity (Wildman–Crippen MR) is 155 cm³/mol. The van der Waals surface area contributed by atoms with E-state index in [2.05, 4.69) is 17.1 Å². The zero-order chi connectivity index (χ0) is 27.0. The monoisotopic (exact) mass is 566 g/mol. The average Bonchev–Trinajstić information content (AvgIpc) is 3.72. The van der Waals surface area contributed by atoms with Crippen molar-refractivity contribution in [1.82, 2.24) is 4.98 Å². The topological polar surface area (TPSA) is 79.5 Å². The van der Waals surface area contributed by atoms with Crippen LogP contribution < -0.4 is 14.5 Å². The highest BCUT2D eigenvalue weighted by atomic mass is 32.2. The Kier molecular flexibility index (Phi) is 5.57. The summed E-state index contributed by atoms with van der Waals surface area (Å²) in [5.74, 6) is 0.366.